The number of hydrogen-bond donors (Lipinski definition) is 2. The second-order valence-corrected chi connectivity index (χ2v) is 3.90. The first-order chi connectivity index (χ1) is 8.97. The molecule has 0 spiro atoms. The molecule has 1 heterocycles. The largest absolute Gasteiger partial charge is 0.396 e. The van der Waals surface area contributed by atoms with Crippen LogP contribution < -0.4 is 11.1 Å². The first-order valence-electron chi connectivity index (χ1n) is 5.02. The molecule has 1 amide bonds. The van der Waals surface area contributed by atoms with E-state index in [1.807, 2.05) is 0 Å². The van der Waals surface area contributed by atoms with Gasteiger partial charge in [-0.3, -0.25) is 10.1 Å². The van der Waals surface area contributed by atoms with Crippen LogP contribution in [0, 0.1) is 11.6 Å². The molecule has 0 aliphatic rings. The summed E-state index contributed by atoms with van der Waals surface area (Å²) in [5, 5.41) is 2.34. The number of halogens is 3. The van der Waals surface area contributed by atoms with Gasteiger partial charge in [0.05, 0.1) is 11.3 Å². The Morgan fingerprint density at radius 1 is 1.32 bits per heavy atom. The van der Waals surface area contributed by atoms with E-state index in [2.05, 4.69) is 15.3 Å². The molecule has 5 nitrogen and oxygen atoms in total. The summed E-state index contributed by atoms with van der Waals surface area (Å²) in [4.78, 5) is 19.2. The van der Waals surface area contributed by atoms with Gasteiger partial charge in [-0.05, 0) is 12.1 Å². The van der Waals surface area contributed by atoms with Crippen LogP contribution in [0.4, 0.5) is 20.4 Å². The van der Waals surface area contributed by atoms with Gasteiger partial charge in [0, 0.05) is 12.3 Å². The van der Waals surface area contributed by atoms with Crippen molar-refractivity contribution < 1.29 is 13.6 Å². The number of carbonyl (C=O) groups excluding carboxylic acids is 1. The molecule has 0 saturated carbocycles. The second kappa shape index (κ2) is 5.15. The van der Waals surface area contributed by atoms with Gasteiger partial charge in [-0.15, -0.1) is 0 Å². The van der Waals surface area contributed by atoms with Crippen LogP contribution >= 0.6 is 11.6 Å². The van der Waals surface area contributed by atoms with Gasteiger partial charge >= 0.3 is 0 Å². The molecule has 19 heavy (non-hydrogen) atoms. The summed E-state index contributed by atoms with van der Waals surface area (Å²) in [7, 11) is 0. The van der Waals surface area contributed by atoms with E-state index in [0.717, 1.165) is 6.07 Å². The summed E-state index contributed by atoms with van der Waals surface area (Å²) in [5.74, 6) is -2.93. The molecule has 2 rings (SSSR count). The minimum absolute atomic E-state index is 0.0974. The first kappa shape index (κ1) is 13.2. The van der Waals surface area contributed by atoms with Crippen molar-refractivity contribution >= 4 is 29.1 Å². The molecule has 0 atom stereocenters. The van der Waals surface area contributed by atoms with Crippen LogP contribution in [0.3, 0.4) is 0 Å². The molecule has 0 fully saturated rings. The standard InChI is InChI=1S/C11H7ClF2N4O/c12-9-1-2-16-11(17-9)18-10(19)5-3-8(15)7(14)4-6(5)13/h1-4H,15H2,(H,16,17,18,19). The molecule has 0 saturated heterocycles. The monoisotopic (exact) mass is 284 g/mol. The van der Waals surface area contributed by atoms with Gasteiger partial charge < -0.3 is 5.73 Å². The highest BCUT2D eigenvalue weighted by Gasteiger charge is 2.16. The Morgan fingerprint density at radius 3 is 2.74 bits per heavy atom. The summed E-state index contributed by atoms with van der Waals surface area (Å²) in [6, 6.07) is 2.83. The van der Waals surface area contributed by atoms with Crippen LogP contribution in [0.15, 0.2) is 24.4 Å². The zero-order valence-corrected chi connectivity index (χ0v) is 10.1. The predicted octanol–water partition coefficient (Wildman–Crippen LogP) is 2.24. The van der Waals surface area contributed by atoms with E-state index < -0.39 is 23.1 Å². The SMILES string of the molecule is Nc1cc(C(=O)Nc2nccc(Cl)n2)c(F)cc1F. The number of anilines is 2. The molecule has 1 aromatic carbocycles. The summed E-state index contributed by atoms with van der Waals surface area (Å²) in [6.07, 6.45) is 1.32. The number of carbonyl (C=O) groups is 1. The van der Waals surface area contributed by atoms with Crippen molar-refractivity contribution in [3.8, 4) is 0 Å². The normalized spacial score (nSPS) is 10.3. The van der Waals surface area contributed by atoms with E-state index in [9.17, 15) is 13.6 Å². The Bertz CT molecular complexity index is 651. The highest BCUT2D eigenvalue weighted by Crippen LogP contribution is 2.17. The van der Waals surface area contributed by atoms with Crippen LogP contribution in [0.1, 0.15) is 10.4 Å². The number of nitrogens with one attached hydrogen (secondary N) is 1. The third-order valence-corrected chi connectivity index (χ3v) is 2.39. The number of nitrogens with two attached hydrogens (primary N) is 1. The minimum atomic E-state index is -1.04. The molecule has 0 aliphatic heterocycles. The van der Waals surface area contributed by atoms with Crippen molar-refractivity contribution in [1.29, 1.82) is 0 Å². The maximum absolute atomic E-state index is 13.4. The Labute approximate surface area is 111 Å². The average Bonchev–Trinajstić information content (AvgIpc) is 2.33. The van der Waals surface area contributed by atoms with Gasteiger partial charge in [0.15, 0.2) is 0 Å². The third-order valence-electron chi connectivity index (χ3n) is 2.18. The lowest BCUT2D eigenvalue weighted by molar-refractivity contribution is 0.102. The second-order valence-electron chi connectivity index (χ2n) is 3.51. The Balaban J connectivity index is 2.28. The van der Waals surface area contributed by atoms with E-state index in [1.54, 1.807) is 0 Å². The minimum Gasteiger partial charge on any atom is -0.396 e. The summed E-state index contributed by atoms with van der Waals surface area (Å²) in [6.45, 7) is 0. The number of rotatable bonds is 2. The lowest BCUT2D eigenvalue weighted by Gasteiger charge is -2.06. The predicted molar refractivity (Wildman–Crippen MR) is 65.8 cm³/mol. The maximum atomic E-state index is 13.4. The van der Waals surface area contributed by atoms with Gasteiger partial charge in [-0.1, -0.05) is 11.6 Å². The molecule has 3 N–H and O–H groups in total. The van der Waals surface area contributed by atoms with Crippen molar-refractivity contribution in [3.05, 3.63) is 46.7 Å². The van der Waals surface area contributed by atoms with Gasteiger partial charge in [-0.25, -0.2) is 18.7 Å². The van der Waals surface area contributed by atoms with Crippen molar-refractivity contribution in [2.24, 2.45) is 0 Å². The van der Waals surface area contributed by atoms with E-state index >= 15 is 0 Å². The molecule has 0 unspecified atom stereocenters. The van der Waals surface area contributed by atoms with E-state index in [-0.39, 0.29) is 16.8 Å². The van der Waals surface area contributed by atoms with Gasteiger partial charge in [0.2, 0.25) is 5.95 Å². The molecule has 0 radical (unpaired) electrons. The van der Waals surface area contributed by atoms with Crippen LogP contribution in [0.2, 0.25) is 5.15 Å². The van der Waals surface area contributed by atoms with Crippen molar-refractivity contribution in [2.75, 3.05) is 11.1 Å². The fourth-order valence-electron chi connectivity index (χ4n) is 1.31. The van der Waals surface area contributed by atoms with Crippen LogP contribution in [0.25, 0.3) is 0 Å². The highest BCUT2D eigenvalue weighted by atomic mass is 35.5. The smallest absolute Gasteiger partial charge is 0.261 e. The Morgan fingerprint density at radius 2 is 2.05 bits per heavy atom. The number of nitrogens with zero attached hydrogens (tertiary/aromatic N) is 2. The van der Waals surface area contributed by atoms with E-state index in [1.165, 1.54) is 12.3 Å². The quantitative estimate of drug-likeness (QED) is 0.654. The fraction of sp³-hybridized carbons (Fsp3) is 0. The topological polar surface area (TPSA) is 80.9 Å². The van der Waals surface area contributed by atoms with Gasteiger partial charge in [0.1, 0.15) is 16.8 Å². The Hall–Kier alpha value is -2.28. The van der Waals surface area contributed by atoms with Crippen LogP contribution in [-0.2, 0) is 0 Å². The summed E-state index contributed by atoms with van der Waals surface area (Å²) in [5.41, 5.74) is 4.52. The fourth-order valence-corrected chi connectivity index (χ4v) is 1.44. The zero-order chi connectivity index (χ0) is 14.0. The average molecular weight is 285 g/mol. The Kier molecular flexibility index (Phi) is 3.57. The van der Waals surface area contributed by atoms with Gasteiger partial charge in [0.25, 0.3) is 5.91 Å². The highest BCUT2D eigenvalue weighted by molar-refractivity contribution is 6.29. The summed E-state index contributed by atoms with van der Waals surface area (Å²) < 4.78 is 26.4. The van der Waals surface area contributed by atoms with Crippen LogP contribution in [0.5, 0.6) is 0 Å². The molecule has 2 aromatic rings. The molecule has 1 aromatic heterocycles. The van der Waals surface area contributed by atoms with Crippen molar-refractivity contribution in [3.63, 3.8) is 0 Å². The number of amides is 1. The lowest BCUT2D eigenvalue weighted by atomic mass is 10.1. The lowest BCUT2D eigenvalue weighted by Crippen LogP contribution is -2.16. The molecule has 8 heteroatoms. The molecular weight excluding hydrogens is 278 g/mol. The number of benzene rings is 1. The summed E-state index contributed by atoms with van der Waals surface area (Å²) >= 11 is 5.61. The molecule has 0 aliphatic carbocycles. The number of aromatic nitrogens is 2. The number of nitrogen functional groups attached to an aromatic ring is 1. The molecular formula is C11H7ClF2N4O. The van der Waals surface area contributed by atoms with E-state index in [4.69, 9.17) is 17.3 Å². The zero-order valence-electron chi connectivity index (χ0n) is 9.32. The number of hydrogen-bond acceptors (Lipinski definition) is 4. The maximum Gasteiger partial charge on any atom is 0.261 e. The van der Waals surface area contributed by atoms with E-state index in [0.29, 0.717) is 6.07 Å². The third kappa shape index (κ3) is 2.94. The molecule has 0 bridgehead atoms. The van der Waals surface area contributed by atoms with Gasteiger partial charge in [-0.2, -0.15) is 0 Å². The first-order valence-corrected chi connectivity index (χ1v) is 5.39. The molecule has 98 valence electrons. The van der Waals surface area contributed by atoms with Crippen molar-refractivity contribution in [1.82, 2.24) is 9.97 Å². The van der Waals surface area contributed by atoms with Crippen LogP contribution in [-0.4, -0.2) is 15.9 Å². The van der Waals surface area contributed by atoms with Crippen molar-refractivity contribution in [2.45, 2.75) is 0 Å².